The van der Waals surface area contributed by atoms with E-state index in [9.17, 15) is 13.9 Å². The highest BCUT2D eigenvalue weighted by molar-refractivity contribution is 5.64. The average Bonchev–Trinajstić information content (AvgIpc) is 2.92. The second-order valence-electron chi connectivity index (χ2n) is 4.41. The Hall–Kier alpha value is -2.60. The molecule has 0 radical (unpaired) electrons. The lowest BCUT2D eigenvalue weighted by Crippen LogP contribution is -2.01. The van der Waals surface area contributed by atoms with Crippen molar-refractivity contribution in [2.45, 2.75) is 6.61 Å². The number of nitrogens with zero attached hydrogens (tertiary/aromatic N) is 3. The van der Waals surface area contributed by atoms with Crippen LogP contribution in [0.4, 0.5) is 8.78 Å². The summed E-state index contributed by atoms with van der Waals surface area (Å²) in [6.45, 7) is -0.370. The van der Waals surface area contributed by atoms with Crippen LogP contribution in [-0.4, -0.2) is 20.1 Å². The van der Waals surface area contributed by atoms with Crippen LogP contribution in [0.2, 0.25) is 0 Å². The van der Waals surface area contributed by atoms with Gasteiger partial charge in [-0.25, -0.2) is 13.5 Å². The SMILES string of the molecule is OCc1nnn(-c2ccc(F)cc2)c1-c1ccccc1F. The van der Waals surface area contributed by atoms with Crippen LogP contribution in [0.3, 0.4) is 0 Å². The van der Waals surface area contributed by atoms with Crippen molar-refractivity contribution in [3.63, 3.8) is 0 Å². The summed E-state index contributed by atoms with van der Waals surface area (Å²) in [4.78, 5) is 0. The van der Waals surface area contributed by atoms with E-state index in [4.69, 9.17) is 0 Å². The molecule has 0 saturated heterocycles. The lowest BCUT2D eigenvalue weighted by Gasteiger charge is -2.08. The number of benzene rings is 2. The zero-order chi connectivity index (χ0) is 14.8. The van der Waals surface area contributed by atoms with Gasteiger partial charge >= 0.3 is 0 Å². The number of hydrogen-bond acceptors (Lipinski definition) is 3. The molecule has 0 aliphatic heterocycles. The summed E-state index contributed by atoms with van der Waals surface area (Å²) in [7, 11) is 0. The summed E-state index contributed by atoms with van der Waals surface area (Å²) in [6, 6.07) is 11.7. The van der Waals surface area contributed by atoms with Crippen LogP contribution in [-0.2, 0) is 6.61 Å². The lowest BCUT2D eigenvalue weighted by molar-refractivity contribution is 0.277. The van der Waals surface area contributed by atoms with E-state index in [1.807, 2.05) is 0 Å². The molecule has 0 amide bonds. The highest BCUT2D eigenvalue weighted by Crippen LogP contribution is 2.27. The van der Waals surface area contributed by atoms with Crippen molar-refractivity contribution >= 4 is 0 Å². The minimum atomic E-state index is -0.446. The second kappa shape index (κ2) is 5.41. The quantitative estimate of drug-likeness (QED) is 0.805. The summed E-state index contributed by atoms with van der Waals surface area (Å²) in [6.07, 6.45) is 0. The first kappa shape index (κ1) is 13.4. The Kier molecular flexibility index (Phi) is 3.45. The van der Waals surface area contributed by atoms with Crippen molar-refractivity contribution in [3.05, 3.63) is 65.9 Å². The molecule has 3 aromatic rings. The van der Waals surface area contributed by atoms with Crippen LogP contribution in [0.15, 0.2) is 48.5 Å². The third-order valence-electron chi connectivity index (χ3n) is 3.09. The Morgan fingerprint density at radius 3 is 2.38 bits per heavy atom. The molecule has 1 N–H and O–H groups in total. The predicted molar refractivity (Wildman–Crippen MR) is 72.6 cm³/mol. The molecule has 0 saturated carbocycles. The van der Waals surface area contributed by atoms with Crippen molar-refractivity contribution < 1.29 is 13.9 Å². The fraction of sp³-hybridized carbons (Fsp3) is 0.0667. The van der Waals surface area contributed by atoms with E-state index in [1.54, 1.807) is 18.2 Å². The fourth-order valence-corrected chi connectivity index (χ4v) is 2.11. The molecule has 0 aliphatic carbocycles. The lowest BCUT2D eigenvalue weighted by atomic mass is 10.1. The first-order valence-corrected chi connectivity index (χ1v) is 6.27. The van der Waals surface area contributed by atoms with Crippen molar-refractivity contribution in [1.29, 1.82) is 0 Å². The van der Waals surface area contributed by atoms with Crippen LogP contribution in [0, 0.1) is 11.6 Å². The number of aliphatic hydroxyl groups excluding tert-OH is 1. The Morgan fingerprint density at radius 1 is 1.00 bits per heavy atom. The highest BCUT2D eigenvalue weighted by atomic mass is 19.1. The van der Waals surface area contributed by atoms with Gasteiger partial charge in [0.15, 0.2) is 0 Å². The molecule has 0 bridgehead atoms. The zero-order valence-corrected chi connectivity index (χ0v) is 10.9. The van der Waals surface area contributed by atoms with Gasteiger partial charge < -0.3 is 5.11 Å². The van der Waals surface area contributed by atoms with Crippen LogP contribution in [0.1, 0.15) is 5.69 Å². The van der Waals surface area contributed by atoms with Crippen molar-refractivity contribution in [2.24, 2.45) is 0 Å². The van der Waals surface area contributed by atoms with E-state index >= 15 is 0 Å². The molecule has 21 heavy (non-hydrogen) atoms. The van der Waals surface area contributed by atoms with Gasteiger partial charge in [-0.05, 0) is 36.4 Å². The van der Waals surface area contributed by atoms with Crippen LogP contribution >= 0.6 is 0 Å². The molecular weight excluding hydrogens is 276 g/mol. The molecule has 0 atom stereocenters. The summed E-state index contributed by atoms with van der Waals surface area (Å²) in [5, 5.41) is 17.2. The minimum Gasteiger partial charge on any atom is -0.390 e. The van der Waals surface area contributed by atoms with Gasteiger partial charge in [0.1, 0.15) is 23.0 Å². The standard InChI is InChI=1S/C15H11F2N3O/c16-10-5-7-11(8-6-10)20-15(14(9-21)18-19-20)12-3-1-2-4-13(12)17/h1-8,21H,9H2. The van der Waals surface area contributed by atoms with Crippen molar-refractivity contribution in [3.8, 4) is 16.9 Å². The summed E-state index contributed by atoms with van der Waals surface area (Å²) < 4.78 is 28.4. The molecular formula is C15H11F2N3O. The van der Waals surface area contributed by atoms with Crippen molar-refractivity contribution in [1.82, 2.24) is 15.0 Å². The van der Waals surface area contributed by atoms with Crippen LogP contribution in [0.5, 0.6) is 0 Å². The number of rotatable bonds is 3. The predicted octanol–water partition coefficient (Wildman–Crippen LogP) is 2.70. The maximum atomic E-state index is 14.0. The smallest absolute Gasteiger partial charge is 0.132 e. The molecule has 1 aromatic heterocycles. The largest absolute Gasteiger partial charge is 0.390 e. The van der Waals surface area contributed by atoms with Gasteiger partial charge in [0.05, 0.1) is 12.3 Å². The van der Waals surface area contributed by atoms with E-state index < -0.39 is 5.82 Å². The van der Waals surface area contributed by atoms with Gasteiger partial charge in [0.25, 0.3) is 0 Å². The number of aromatic nitrogens is 3. The maximum Gasteiger partial charge on any atom is 0.132 e. The third-order valence-corrected chi connectivity index (χ3v) is 3.09. The first-order chi connectivity index (χ1) is 10.2. The monoisotopic (exact) mass is 287 g/mol. The van der Waals surface area contributed by atoms with Gasteiger partial charge in [-0.1, -0.05) is 17.3 Å². The van der Waals surface area contributed by atoms with E-state index in [0.717, 1.165) is 0 Å². The molecule has 1 heterocycles. The normalized spacial score (nSPS) is 10.8. The molecule has 0 aliphatic rings. The molecule has 0 fully saturated rings. The Morgan fingerprint density at radius 2 is 1.71 bits per heavy atom. The minimum absolute atomic E-state index is 0.254. The van der Waals surface area contributed by atoms with E-state index in [1.165, 1.54) is 35.0 Å². The summed E-state index contributed by atoms with van der Waals surface area (Å²) >= 11 is 0. The molecule has 106 valence electrons. The number of halogens is 2. The van der Waals surface area contributed by atoms with Gasteiger partial charge in [-0.3, -0.25) is 0 Å². The summed E-state index contributed by atoms with van der Waals surface area (Å²) in [5.41, 5.74) is 1.41. The fourth-order valence-electron chi connectivity index (χ4n) is 2.11. The molecule has 0 spiro atoms. The van der Waals surface area contributed by atoms with Crippen molar-refractivity contribution in [2.75, 3.05) is 0 Å². The van der Waals surface area contributed by atoms with E-state index in [0.29, 0.717) is 11.4 Å². The molecule has 2 aromatic carbocycles. The molecule has 6 heteroatoms. The highest BCUT2D eigenvalue weighted by Gasteiger charge is 2.18. The van der Waals surface area contributed by atoms with Gasteiger partial charge in [0.2, 0.25) is 0 Å². The van der Waals surface area contributed by atoms with Gasteiger partial charge in [-0.15, -0.1) is 5.10 Å². The van der Waals surface area contributed by atoms with Crippen LogP contribution in [0.25, 0.3) is 16.9 Å². The average molecular weight is 287 g/mol. The Labute approximate surface area is 119 Å². The Balaban J connectivity index is 2.22. The molecule has 0 unspecified atom stereocenters. The first-order valence-electron chi connectivity index (χ1n) is 6.27. The molecule has 4 nitrogen and oxygen atoms in total. The number of aliphatic hydroxyl groups is 1. The number of hydrogen-bond donors (Lipinski definition) is 1. The third kappa shape index (κ3) is 2.41. The maximum absolute atomic E-state index is 14.0. The van der Waals surface area contributed by atoms with E-state index in [-0.39, 0.29) is 23.7 Å². The second-order valence-corrected chi connectivity index (χ2v) is 4.41. The zero-order valence-electron chi connectivity index (χ0n) is 10.9. The van der Waals surface area contributed by atoms with Gasteiger partial charge in [-0.2, -0.15) is 0 Å². The molecule has 3 rings (SSSR count). The van der Waals surface area contributed by atoms with Gasteiger partial charge in [0, 0.05) is 5.56 Å². The Bertz CT molecular complexity index is 769. The van der Waals surface area contributed by atoms with Crippen LogP contribution < -0.4 is 0 Å². The van der Waals surface area contributed by atoms with E-state index in [2.05, 4.69) is 10.3 Å². The topological polar surface area (TPSA) is 50.9 Å². The summed E-state index contributed by atoms with van der Waals surface area (Å²) in [5.74, 6) is -0.827.